The van der Waals surface area contributed by atoms with E-state index in [1.165, 1.54) is 23.5 Å². The molecule has 16 heavy (non-hydrogen) atoms. The van der Waals surface area contributed by atoms with Gasteiger partial charge in [-0.15, -0.1) is 11.3 Å². The molecule has 1 aromatic heterocycles. The predicted octanol–water partition coefficient (Wildman–Crippen LogP) is 2.48. The molecule has 1 aromatic rings. The lowest BCUT2D eigenvalue weighted by Gasteiger charge is -2.25. The number of rotatable bonds is 7. The summed E-state index contributed by atoms with van der Waals surface area (Å²) in [6.07, 6.45) is 2.42. The van der Waals surface area contributed by atoms with Crippen molar-refractivity contribution in [2.45, 2.75) is 45.8 Å². The molecule has 1 rings (SSSR count). The maximum atomic E-state index is 4.61. The molecule has 92 valence electrons. The van der Waals surface area contributed by atoms with Crippen molar-refractivity contribution in [1.29, 1.82) is 0 Å². The minimum atomic E-state index is 0.675. The Balaban J connectivity index is 2.51. The summed E-state index contributed by atoms with van der Waals surface area (Å²) in [5, 5.41) is 6.48. The Kier molecular flexibility index (Phi) is 5.95. The number of nitrogens with zero attached hydrogens (tertiary/aromatic N) is 2. The highest BCUT2D eigenvalue weighted by Gasteiger charge is 2.12. The van der Waals surface area contributed by atoms with Crippen LogP contribution in [0.3, 0.4) is 0 Å². The first kappa shape index (κ1) is 13.6. The highest BCUT2D eigenvalue weighted by molar-refractivity contribution is 7.09. The second kappa shape index (κ2) is 6.99. The van der Waals surface area contributed by atoms with Crippen LogP contribution in [0.4, 0.5) is 0 Å². The lowest BCUT2D eigenvalue weighted by molar-refractivity contribution is 0.219. The van der Waals surface area contributed by atoms with Crippen LogP contribution in [0.2, 0.25) is 0 Å². The van der Waals surface area contributed by atoms with Crippen molar-refractivity contribution < 1.29 is 0 Å². The van der Waals surface area contributed by atoms with E-state index in [1.54, 1.807) is 11.3 Å². The van der Waals surface area contributed by atoms with E-state index in [2.05, 4.69) is 41.5 Å². The molecule has 1 heterocycles. The molecule has 1 N–H and O–H groups in total. The van der Waals surface area contributed by atoms with Crippen molar-refractivity contribution in [2.75, 3.05) is 14.1 Å². The van der Waals surface area contributed by atoms with E-state index < -0.39 is 0 Å². The lowest BCUT2D eigenvalue weighted by Crippen LogP contribution is -2.30. The highest BCUT2D eigenvalue weighted by atomic mass is 32.1. The molecule has 0 spiro atoms. The Morgan fingerprint density at radius 1 is 1.44 bits per heavy atom. The van der Waals surface area contributed by atoms with Gasteiger partial charge in [-0.3, -0.25) is 4.90 Å². The van der Waals surface area contributed by atoms with Gasteiger partial charge in [0.05, 0.1) is 5.69 Å². The van der Waals surface area contributed by atoms with Crippen molar-refractivity contribution in [3.8, 4) is 0 Å². The first-order valence-corrected chi connectivity index (χ1v) is 6.87. The van der Waals surface area contributed by atoms with Gasteiger partial charge in [0.25, 0.3) is 0 Å². The van der Waals surface area contributed by atoms with Gasteiger partial charge in [0.1, 0.15) is 5.01 Å². The van der Waals surface area contributed by atoms with E-state index in [1.807, 2.05) is 7.05 Å². The van der Waals surface area contributed by atoms with Gasteiger partial charge in [0.2, 0.25) is 0 Å². The molecule has 0 saturated carbocycles. The summed E-state index contributed by atoms with van der Waals surface area (Å²) in [6.45, 7) is 6.34. The molecule has 0 unspecified atom stereocenters. The first-order valence-electron chi connectivity index (χ1n) is 5.99. The molecule has 3 nitrogen and oxygen atoms in total. The van der Waals surface area contributed by atoms with Crippen LogP contribution in [0, 0.1) is 0 Å². The average Bonchev–Trinajstić information content (AvgIpc) is 2.68. The van der Waals surface area contributed by atoms with E-state index in [9.17, 15) is 0 Å². The quantitative estimate of drug-likeness (QED) is 0.795. The summed E-state index contributed by atoms with van der Waals surface area (Å²) in [6, 6.07) is 0.675. The highest BCUT2D eigenvalue weighted by Crippen LogP contribution is 2.14. The normalized spacial score (nSPS) is 11.6. The van der Waals surface area contributed by atoms with E-state index >= 15 is 0 Å². The summed E-state index contributed by atoms with van der Waals surface area (Å²) in [5.74, 6) is 0. The van der Waals surface area contributed by atoms with Crippen molar-refractivity contribution in [1.82, 2.24) is 15.2 Å². The average molecular weight is 241 g/mol. The Hall–Kier alpha value is -0.450. The Morgan fingerprint density at radius 3 is 2.69 bits per heavy atom. The lowest BCUT2D eigenvalue weighted by atomic mass is 10.1. The zero-order chi connectivity index (χ0) is 12.0. The predicted molar refractivity (Wildman–Crippen MR) is 70.7 cm³/mol. The van der Waals surface area contributed by atoms with Crippen LogP contribution in [0.5, 0.6) is 0 Å². The Labute approximate surface area is 103 Å². The summed E-state index contributed by atoms with van der Waals surface area (Å²) in [5.41, 5.74) is 1.20. The minimum Gasteiger partial charge on any atom is -0.314 e. The van der Waals surface area contributed by atoms with Gasteiger partial charge in [-0.05, 0) is 26.9 Å². The molecule has 0 fully saturated rings. The third kappa shape index (κ3) is 3.85. The van der Waals surface area contributed by atoms with Crippen LogP contribution >= 0.6 is 11.3 Å². The van der Waals surface area contributed by atoms with Crippen LogP contribution in [-0.2, 0) is 13.1 Å². The standard InChI is InChI=1S/C12H23N3S/c1-5-11(6-2)15(4)8-10-9-16-12(14-10)7-13-3/h9,11,13H,5-8H2,1-4H3. The molecular weight excluding hydrogens is 218 g/mol. The summed E-state index contributed by atoms with van der Waals surface area (Å²) in [4.78, 5) is 7.01. The summed E-state index contributed by atoms with van der Waals surface area (Å²) >= 11 is 1.74. The summed E-state index contributed by atoms with van der Waals surface area (Å²) in [7, 11) is 4.14. The van der Waals surface area contributed by atoms with E-state index in [0.717, 1.165) is 13.1 Å². The minimum absolute atomic E-state index is 0.675. The van der Waals surface area contributed by atoms with Crippen molar-refractivity contribution in [3.05, 3.63) is 16.1 Å². The van der Waals surface area contributed by atoms with Crippen LogP contribution < -0.4 is 5.32 Å². The number of hydrogen-bond donors (Lipinski definition) is 1. The van der Waals surface area contributed by atoms with Gasteiger partial charge >= 0.3 is 0 Å². The molecule has 0 amide bonds. The molecule has 0 aliphatic rings. The monoisotopic (exact) mass is 241 g/mol. The van der Waals surface area contributed by atoms with Gasteiger partial charge in [-0.1, -0.05) is 13.8 Å². The number of thiazole rings is 1. The number of nitrogens with one attached hydrogen (secondary N) is 1. The van der Waals surface area contributed by atoms with Crippen LogP contribution in [0.15, 0.2) is 5.38 Å². The third-order valence-corrected chi connectivity index (χ3v) is 3.80. The van der Waals surface area contributed by atoms with Crippen molar-refractivity contribution >= 4 is 11.3 Å². The van der Waals surface area contributed by atoms with Gasteiger partial charge in [-0.2, -0.15) is 0 Å². The van der Waals surface area contributed by atoms with Gasteiger partial charge in [0.15, 0.2) is 0 Å². The van der Waals surface area contributed by atoms with Crippen molar-refractivity contribution in [2.24, 2.45) is 0 Å². The van der Waals surface area contributed by atoms with Gasteiger partial charge in [-0.25, -0.2) is 4.98 Å². The van der Waals surface area contributed by atoms with E-state index in [-0.39, 0.29) is 0 Å². The maximum absolute atomic E-state index is 4.61. The third-order valence-electron chi connectivity index (χ3n) is 2.90. The smallest absolute Gasteiger partial charge is 0.107 e. The van der Waals surface area contributed by atoms with Gasteiger partial charge in [0, 0.05) is 24.5 Å². The Morgan fingerprint density at radius 2 is 2.12 bits per heavy atom. The second-order valence-corrected chi connectivity index (χ2v) is 5.09. The molecule has 0 aromatic carbocycles. The second-order valence-electron chi connectivity index (χ2n) is 4.15. The zero-order valence-electron chi connectivity index (χ0n) is 10.8. The Bertz CT molecular complexity index is 294. The molecule has 0 radical (unpaired) electrons. The fourth-order valence-electron chi connectivity index (χ4n) is 1.95. The number of hydrogen-bond acceptors (Lipinski definition) is 4. The zero-order valence-corrected chi connectivity index (χ0v) is 11.6. The SMILES string of the molecule is CCC(CC)N(C)Cc1csc(CNC)n1. The molecule has 0 aliphatic heterocycles. The van der Waals surface area contributed by atoms with Crippen LogP contribution in [0.1, 0.15) is 37.4 Å². The van der Waals surface area contributed by atoms with Crippen molar-refractivity contribution in [3.63, 3.8) is 0 Å². The van der Waals surface area contributed by atoms with Gasteiger partial charge < -0.3 is 5.32 Å². The first-order chi connectivity index (χ1) is 7.71. The molecule has 0 saturated heterocycles. The largest absolute Gasteiger partial charge is 0.314 e. The summed E-state index contributed by atoms with van der Waals surface area (Å²) < 4.78 is 0. The maximum Gasteiger partial charge on any atom is 0.107 e. The van der Waals surface area contributed by atoms with Crippen LogP contribution in [-0.4, -0.2) is 30.0 Å². The molecule has 0 atom stereocenters. The number of aromatic nitrogens is 1. The van der Waals surface area contributed by atoms with E-state index in [0.29, 0.717) is 6.04 Å². The molecule has 4 heteroatoms. The van der Waals surface area contributed by atoms with Crippen LogP contribution in [0.25, 0.3) is 0 Å². The fourth-order valence-corrected chi connectivity index (χ4v) is 2.75. The molecular formula is C12H23N3S. The topological polar surface area (TPSA) is 28.2 Å². The van der Waals surface area contributed by atoms with E-state index in [4.69, 9.17) is 0 Å². The molecule has 0 aliphatic carbocycles. The molecule has 0 bridgehead atoms. The fraction of sp³-hybridized carbons (Fsp3) is 0.750.